The van der Waals surface area contributed by atoms with Crippen molar-refractivity contribution in [3.05, 3.63) is 0 Å². The summed E-state index contributed by atoms with van der Waals surface area (Å²) in [5.41, 5.74) is 11.4. The molecule has 12 heavy (non-hydrogen) atoms. The van der Waals surface area contributed by atoms with E-state index < -0.39 is 0 Å². The topological polar surface area (TPSA) is 61.3 Å². The highest BCUT2D eigenvalue weighted by Crippen LogP contribution is 2.29. The summed E-state index contributed by atoms with van der Waals surface area (Å²) in [7, 11) is 1.62. The standard InChI is InChI=1S/C9H22N2O/c1-8(2,7(10)12-5)6-9(3,4)11/h7H,6,10-11H2,1-5H3. The van der Waals surface area contributed by atoms with E-state index in [0.29, 0.717) is 0 Å². The lowest BCUT2D eigenvalue weighted by Gasteiger charge is -2.35. The molecule has 3 heteroatoms. The smallest absolute Gasteiger partial charge is 0.110 e. The van der Waals surface area contributed by atoms with Crippen LogP contribution in [0.3, 0.4) is 0 Å². The van der Waals surface area contributed by atoms with Gasteiger partial charge in [-0.1, -0.05) is 13.8 Å². The molecule has 0 aromatic carbocycles. The number of hydrogen-bond donors (Lipinski definition) is 2. The van der Waals surface area contributed by atoms with Crippen molar-refractivity contribution in [1.82, 2.24) is 0 Å². The Morgan fingerprint density at radius 2 is 1.67 bits per heavy atom. The van der Waals surface area contributed by atoms with Gasteiger partial charge in [-0.2, -0.15) is 0 Å². The molecule has 0 aliphatic rings. The Morgan fingerprint density at radius 3 is 1.92 bits per heavy atom. The Kier molecular flexibility index (Phi) is 3.69. The van der Waals surface area contributed by atoms with E-state index >= 15 is 0 Å². The van der Waals surface area contributed by atoms with Crippen LogP contribution in [0.4, 0.5) is 0 Å². The molecule has 1 atom stereocenters. The third kappa shape index (κ3) is 4.04. The minimum absolute atomic E-state index is 0.0764. The summed E-state index contributed by atoms with van der Waals surface area (Å²) < 4.78 is 5.08. The van der Waals surface area contributed by atoms with Gasteiger partial charge in [0.2, 0.25) is 0 Å². The molecule has 0 bridgehead atoms. The number of hydrogen-bond acceptors (Lipinski definition) is 3. The summed E-state index contributed by atoms with van der Waals surface area (Å²) in [4.78, 5) is 0. The molecule has 0 aromatic heterocycles. The van der Waals surface area contributed by atoms with Gasteiger partial charge in [0.25, 0.3) is 0 Å². The number of methoxy groups -OCH3 is 1. The Bertz CT molecular complexity index is 138. The highest BCUT2D eigenvalue weighted by molar-refractivity contribution is 4.85. The molecular formula is C9H22N2O. The number of nitrogens with two attached hydrogens (primary N) is 2. The highest BCUT2D eigenvalue weighted by Gasteiger charge is 2.31. The van der Waals surface area contributed by atoms with Crippen LogP contribution in [0.15, 0.2) is 0 Å². The van der Waals surface area contributed by atoms with Crippen LogP contribution in [0.1, 0.15) is 34.1 Å². The molecule has 0 aliphatic carbocycles. The molecule has 0 heterocycles. The lowest BCUT2D eigenvalue weighted by molar-refractivity contribution is -0.00221. The van der Waals surface area contributed by atoms with Crippen LogP contribution >= 0.6 is 0 Å². The maximum atomic E-state index is 5.90. The second kappa shape index (κ2) is 3.73. The van der Waals surface area contributed by atoms with Crippen molar-refractivity contribution < 1.29 is 4.74 Å². The summed E-state index contributed by atoms with van der Waals surface area (Å²) in [5, 5.41) is 0. The van der Waals surface area contributed by atoms with Crippen molar-refractivity contribution in [1.29, 1.82) is 0 Å². The van der Waals surface area contributed by atoms with Gasteiger partial charge in [0.05, 0.1) is 0 Å². The Balaban J connectivity index is 4.22. The molecule has 0 amide bonds. The minimum atomic E-state index is -0.250. The lowest BCUT2D eigenvalue weighted by Crippen LogP contribution is -2.46. The normalized spacial score (nSPS) is 16.2. The molecule has 0 aliphatic heterocycles. The van der Waals surface area contributed by atoms with Crippen LogP contribution in [0.5, 0.6) is 0 Å². The maximum Gasteiger partial charge on any atom is 0.110 e. The van der Waals surface area contributed by atoms with E-state index in [1.54, 1.807) is 7.11 Å². The molecule has 3 nitrogen and oxygen atoms in total. The van der Waals surface area contributed by atoms with Crippen LogP contribution in [0, 0.1) is 5.41 Å². The maximum absolute atomic E-state index is 5.90. The summed E-state index contributed by atoms with van der Waals surface area (Å²) in [5.74, 6) is 0. The average Bonchev–Trinajstić information content (AvgIpc) is 1.80. The zero-order valence-corrected chi connectivity index (χ0v) is 8.85. The van der Waals surface area contributed by atoms with Crippen LogP contribution in [0.2, 0.25) is 0 Å². The Morgan fingerprint density at radius 1 is 1.25 bits per heavy atom. The van der Waals surface area contributed by atoms with Crippen molar-refractivity contribution in [2.24, 2.45) is 16.9 Å². The Hall–Kier alpha value is -0.120. The van der Waals surface area contributed by atoms with Gasteiger partial charge in [0.1, 0.15) is 6.23 Å². The van der Waals surface area contributed by atoms with Crippen molar-refractivity contribution in [3.63, 3.8) is 0 Å². The zero-order valence-electron chi connectivity index (χ0n) is 8.85. The predicted octanol–water partition coefficient (Wildman–Crippen LogP) is 1.07. The van der Waals surface area contributed by atoms with Gasteiger partial charge in [-0.3, -0.25) is 0 Å². The van der Waals surface area contributed by atoms with Crippen LogP contribution in [-0.4, -0.2) is 18.9 Å². The first-order chi connectivity index (χ1) is 5.19. The average molecular weight is 174 g/mol. The van der Waals surface area contributed by atoms with E-state index in [2.05, 4.69) is 13.8 Å². The SMILES string of the molecule is COC(N)C(C)(C)CC(C)(C)N. The molecule has 0 fully saturated rings. The van der Waals surface area contributed by atoms with Crippen LogP contribution < -0.4 is 11.5 Å². The van der Waals surface area contributed by atoms with Crippen LogP contribution in [-0.2, 0) is 4.74 Å². The highest BCUT2D eigenvalue weighted by atomic mass is 16.5. The molecule has 0 aromatic rings. The van der Waals surface area contributed by atoms with Gasteiger partial charge in [-0.05, 0) is 20.3 Å². The van der Waals surface area contributed by atoms with Gasteiger partial charge in [-0.25, -0.2) is 0 Å². The second-order valence-corrected chi connectivity index (χ2v) is 4.81. The van der Waals surface area contributed by atoms with Gasteiger partial charge in [0.15, 0.2) is 0 Å². The quantitative estimate of drug-likeness (QED) is 0.627. The molecule has 0 spiro atoms. The van der Waals surface area contributed by atoms with Crippen molar-refractivity contribution in [2.45, 2.75) is 45.9 Å². The molecule has 0 radical (unpaired) electrons. The molecular weight excluding hydrogens is 152 g/mol. The van der Waals surface area contributed by atoms with Gasteiger partial charge >= 0.3 is 0 Å². The fourth-order valence-electron chi connectivity index (χ4n) is 1.59. The van der Waals surface area contributed by atoms with E-state index in [9.17, 15) is 0 Å². The summed E-state index contributed by atoms with van der Waals surface area (Å²) >= 11 is 0. The fraction of sp³-hybridized carbons (Fsp3) is 1.00. The second-order valence-electron chi connectivity index (χ2n) is 4.81. The molecule has 0 saturated carbocycles. The Labute approximate surface area is 75.5 Å². The molecule has 4 N–H and O–H groups in total. The first-order valence-corrected chi connectivity index (χ1v) is 4.26. The number of ether oxygens (including phenoxy) is 1. The molecule has 0 saturated heterocycles. The van der Waals surface area contributed by atoms with Gasteiger partial charge < -0.3 is 16.2 Å². The number of rotatable bonds is 4. The van der Waals surface area contributed by atoms with Crippen LogP contribution in [0.25, 0.3) is 0 Å². The largest absolute Gasteiger partial charge is 0.366 e. The summed E-state index contributed by atoms with van der Waals surface area (Å²) in [6, 6.07) is 0. The summed E-state index contributed by atoms with van der Waals surface area (Å²) in [6.45, 7) is 8.12. The van der Waals surface area contributed by atoms with E-state index in [-0.39, 0.29) is 17.2 Å². The van der Waals surface area contributed by atoms with Crippen molar-refractivity contribution in [3.8, 4) is 0 Å². The van der Waals surface area contributed by atoms with Gasteiger partial charge in [0, 0.05) is 18.1 Å². The predicted molar refractivity (Wildman–Crippen MR) is 51.6 cm³/mol. The summed E-state index contributed by atoms with van der Waals surface area (Å²) in [6.07, 6.45) is 0.593. The van der Waals surface area contributed by atoms with Gasteiger partial charge in [-0.15, -0.1) is 0 Å². The third-order valence-corrected chi connectivity index (χ3v) is 1.94. The minimum Gasteiger partial charge on any atom is -0.366 e. The monoisotopic (exact) mass is 174 g/mol. The fourth-order valence-corrected chi connectivity index (χ4v) is 1.59. The molecule has 74 valence electrons. The first kappa shape index (κ1) is 11.9. The van der Waals surface area contributed by atoms with Crippen molar-refractivity contribution in [2.75, 3.05) is 7.11 Å². The first-order valence-electron chi connectivity index (χ1n) is 4.26. The zero-order chi connectivity index (χ0) is 9.99. The molecule has 0 rings (SSSR count). The van der Waals surface area contributed by atoms with E-state index in [0.717, 1.165) is 6.42 Å². The van der Waals surface area contributed by atoms with E-state index in [1.807, 2.05) is 13.8 Å². The van der Waals surface area contributed by atoms with E-state index in [1.165, 1.54) is 0 Å². The van der Waals surface area contributed by atoms with Crippen molar-refractivity contribution >= 4 is 0 Å². The lowest BCUT2D eigenvalue weighted by atomic mass is 9.79. The third-order valence-electron chi connectivity index (χ3n) is 1.94. The molecule has 1 unspecified atom stereocenters. The van der Waals surface area contributed by atoms with E-state index in [4.69, 9.17) is 16.2 Å².